The molecule has 23 heavy (non-hydrogen) atoms. The van der Waals surface area contributed by atoms with Gasteiger partial charge in [0.25, 0.3) is 0 Å². The Morgan fingerprint density at radius 3 is 2.74 bits per heavy atom. The van der Waals surface area contributed by atoms with Gasteiger partial charge >= 0.3 is 0 Å². The summed E-state index contributed by atoms with van der Waals surface area (Å²) in [4.78, 5) is 7.88. The molecule has 0 radical (unpaired) electrons. The third-order valence-corrected chi connectivity index (χ3v) is 4.22. The average Bonchev–Trinajstić information content (AvgIpc) is 2.50. The van der Waals surface area contributed by atoms with Crippen LogP contribution in [0.15, 0.2) is 41.1 Å². The lowest BCUT2D eigenvalue weighted by molar-refractivity contribution is 0.100. The first kappa shape index (κ1) is 17.7. The Kier molecular flexibility index (Phi) is 6.85. The molecule has 3 heteroatoms. The largest absolute Gasteiger partial charge is 0.395 e. The average molecular weight is 314 g/mol. The summed E-state index contributed by atoms with van der Waals surface area (Å²) >= 11 is 0. The summed E-state index contributed by atoms with van der Waals surface area (Å²) in [5, 5.41) is 4.52. The highest BCUT2D eigenvalue weighted by molar-refractivity contribution is 6.05. The van der Waals surface area contributed by atoms with E-state index in [1.165, 1.54) is 24.0 Å². The summed E-state index contributed by atoms with van der Waals surface area (Å²) < 4.78 is 0. The fraction of sp³-hybridized carbons (Fsp3) is 0.550. The molecular weight excluding hydrogens is 284 g/mol. The van der Waals surface area contributed by atoms with Gasteiger partial charge in [0, 0.05) is 18.4 Å². The third kappa shape index (κ3) is 5.83. The smallest absolute Gasteiger partial charge is 0.120 e. The predicted molar refractivity (Wildman–Crippen MR) is 98.5 cm³/mol. The van der Waals surface area contributed by atoms with E-state index in [1.807, 2.05) is 0 Å². The molecule has 1 aliphatic carbocycles. The van der Waals surface area contributed by atoms with Crippen LogP contribution >= 0.6 is 0 Å². The topological polar surface area (TPSA) is 24.8 Å². The van der Waals surface area contributed by atoms with Crippen molar-refractivity contribution >= 4 is 11.8 Å². The van der Waals surface area contributed by atoms with E-state index in [9.17, 15) is 0 Å². The van der Waals surface area contributed by atoms with Crippen molar-refractivity contribution in [1.82, 2.24) is 4.90 Å². The number of nitrogens with zero attached hydrogens (tertiary/aromatic N) is 2. The van der Waals surface area contributed by atoms with Crippen molar-refractivity contribution < 1.29 is 4.84 Å². The van der Waals surface area contributed by atoms with Crippen LogP contribution in [-0.4, -0.2) is 37.9 Å². The van der Waals surface area contributed by atoms with Crippen LogP contribution in [-0.2, 0) is 4.84 Å². The Labute approximate surface area is 141 Å². The minimum atomic E-state index is 0.475. The second kappa shape index (κ2) is 8.88. The summed E-state index contributed by atoms with van der Waals surface area (Å²) in [5.74, 6) is 0.956. The minimum Gasteiger partial charge on any atom is -0.395 e. The fourth-order valence-electron chi connectivity index (χ4n) is 3.14. The molecule has 1 aliphatic rings. The molecule has 1 fully saturated rings. The van der Waals surface area contributed by atoms with Gasteiger partial charge < -0.3 is 9.74 Å². The second-order valence-corrected chi connectivity index (χ2v) is 7.01. The van der Waals surface area contributed by atoms with Crippen LogP contribution in [0, 0.1) is 11.8 Å². The number of oxime groups is 1. The molecule has 126 valence electrons. The number of allylic oxidation sites excluding steroid dienone is 1. The SMILES string of the molecule is CC(CO/N=C1/C(=C/c2ccccc2)CCCC1C)CN(C)C. The molecule has 2 rings (SSSR count). The summed E-state index contributed by atoms with van der Waals surface area (Å²) in [6, 6.07) is 10.5. The van der Waals surface area contributed by atoms with Crippen molar-refractivity contribution in [2.45, 2.75) is 33.1 Å². The normalized spacial score (nSPS) is 23.4. The molecule has 1 saturated carbocycles. The first-order valence-corrected chi connectivity index (χ1v) is 8.67. The maximum absolute atomic E-state index is 5.69. The number of hydrogen-bond donors (Lipinski definition) is 0. The van der Waals surface area contributed by atoms with Crippen LogP contribution in [0.4, 0.5) is 0 Å². The fourth-order valence-corrected chi connectivity index (χ4v) is 3.14. The summed E-state index contributed by atoms with van der Waals surface area (Å²) in [6.07, 6.45) is 5.78. The van der Waals surface area contributed by atoms with Gasteiger partial charge in [0.1, 0.15) is 6.61 Å². The van der Waals surface area contributed by atoms with E-state index in [0.29, 0.717) is 18.4 Å². The van der Waals surface area contributed by atoms with Gasteiger partial charge in [0.15, 0.2) is 0 Å². The molecule has 2 unspecified atom stereocenters. The molecule has 1 aromatic rings. The van der Waals surface area contributed by atoms with Gasteiger partial charge in [-0.2, -0.15) is 0 Å². The van der Waals surface area contributed by atoms with Gasteiger partial charge in [-0.15, -0.1) is 0 Å². The van der Waals surface area contributed by atoms with Crippen LogP contribution in [0.1, 0.15) is 38.7 Å². The monoisotopic (exact) mass is 314 g/mol. The molecule has 0 saturated heterocycles. The van der Waals surface area contributed by atoms with Gasteiger partial charge in [0.2, 0.25) is 0 Å². The molecule has 0 bridgehead atoms. The van der Waals surface area contributed by atoms with Crippen molar-refractivity contribution in [3.05, 3.63) is 41.5 Å². The Morgan fingerprint density at radius 1 is 1.30 bits per heavy atom. The van der Waals surface area contributed by atoms with Gasteiger partial charge in [0.05, 0.1) is 5.71 Å². The van der Waals surface area contributed by atoms with Crippen LogP contribution in [0.5, 0.6) is 0 Å². The van der Waals surface area contributed by atoms with Gasteiger partial charge in [-0.05, 0) is 50.6 Å². The van der Waals surface area contributed by atoms with Crippen molar-refractivity contribution in [2.24, 2.45) is 17.0 Å². The lowest BCUT2D eigenvalue weighted by Gasteiger charge is -2.23. The van der Waals surface area contributed by atoms with Crippen molar-refractivity contribution in [3.63, 3.8) is 0 Å². The standard InChI is InChI=1S/C20H30N2O/c1-16(14-22(3)4)15-23-21-20-17(2)9-8-12-19(20)13-18-10-6-5-7-11-18/h5-7,10-11,13,16-17H,8-9,12,14-15H2,1-4H3/b19-13+,21-20+. The van der Waals surface area contributed by atoms with Crippen molar-refractivity contribution in [1.29, 1.82) is 0 Å². The molecule has 3 nitrogen and oxygen atoms in total. The number of hydrogen-bond acceptors (Lipinski definition) is 3. The molecule has 0 amide bonds. The van der Waals surface area contributed by atoms with Gasteiger partial charge in [-0.3, -0.25) is 0 Å². The van der Waals surface area contributed by atoms with Crippen molar-refractivity contribution in [3.8, 4) is 0 Å². The Balaban J connectivity index is 2.05. The minimum absolute atomic E-state index is 0.475. The van der Waals surface area contributed by atoms with Crippen LogP contribution in [0.3, 0.4) is 0 Å². The Morgan fingerprint density at radius 2 is 2.04 bits per heavy atom. The van der Waals surface area contributed by atoms with E-state index < -0.39 is 0 Å². The molecule has 0 spiro atoms. The highest BCUT2D eigenvalue weighted by Gasteiger charge is 2.21. The van der Waals surface area contributed by atoms with Crippen LogP contribution in [0.25, 0.3) is 6.08 Å². The molecule has 2 atom stereocenters. The van der Waals surface area contributed by atoms with Crippen LogP contribution < -0.4 is 0 Å². The van der Waals surface area contributed by atoms with E-state index in [4.69, 9.17) is 4.84 Å². The molecule has 0 heterocycles. The number of rotatable bonds is 6. The maximum atomic E-state index is 5.69. The second-order valence-electron chi connectivity index (χ2n) is 7.01. The highest BCUT2D eigenvalue weighted by atomic mass is 16.6. The highest BCUT2D eigenvalue weighted by Crippen LogP contribution is 2.28. The van der Waals surface area contributed by atoms with Gasteiger partial charge in [-0.1, -0.05) is 49.3 Å². The first-order valence-electron chi connectivity index (χ1n) is 8.67. The summed E-state index contributed by atoms with van der Waals surface area (Å²) in [5.41, 5.74) is 3.71. The molecular formula is C20H30N2O. The molecule has 0 N–H and O–H groups in total. The van der Waals surface area contributed by atoms with E-state index in [-0.39, 0.29) is 0 Å². The Bertz CT molecular complexity index is 534. The zero-order chi connectivity index (χ0) is 16.7. The third-order valence-electron chi connectivity index (χ3n) is 4.22. The van der Waals surface area contributed by atoms with E-state index in [1.54, 1.807) is 0 Å². The van der Waals surface area contributed by atoms with E-state index in [0.717, 1.165) is 18.7 Å². The van der Waals surface area contributed by atoms with E-state index >= 15 is 0 Å². The lowest BCUT2D eigenvalue weighted by Crippen LogP contribution is -2.23. The summed E-state index contributed by atoms with van der Waals surface area (Å²) in [6.45, 7) is 6.15. The molecule has 0 aromatic heterocycles. The maximum Gasteiger partial charge on any atom is 0.120 e. The summed E-state index contributed by atoms with van der Waals surface area (Å²) in [7, 11) is 4.18. The molecule has 1 aromatic carbocycles. The first-order chi connectivity index (χ1) is 11.1. The quantitative estimate of drug-likeness (QED) is 0.724. The lowest BCUT2D eigenvalue weighted by atomic mass is 9.84. The zero-order valence-corrected chi connectivity index (χ0v) is 15.0. The van der Waals surface area contributed by atoms with Gasteiger partial charge in [-0.25, -0.2) is 0 Å². The van der Waals surface area contributed by atoms with E-state index in [2.05, 4.69) is 74.4 Å². The zero-order valence-electron chi connectivity index (χ0n) is 15.0. The Hall–Kier alpha value is -1.61. The predicted octanol–water partition coefficient (Wildman–Crippen LogP) is 4.46. The number of benzene rings is 1. The molecule has 0 aliphatic heterocycles. The van der Waals surface area contributed by atoms with Crippen molar-refractivity contribution in [2.75, 3.05) is 27.2 Å². The van der Waals surface area contributed by atoms with Crippen LogP contribution in [0.2, 0.25) is 0 Å².